The third-order valence-corrected chi connectivity index (χ3v) is 5.67. The second-order valence-electron chi connectivity index (χ2n) is 8.86. The minimum atomic E-state index is -0.837. The largest absolute Gasteiger partial charge is 0.463 e. The molecule has 0 spiro atoms. The number of unbranched alkanes of at least 4 members (excludes halogenated alkanes) is 7. The first kappa shape index (κ1) is 39.2. The molecule has 0 aromatic heterocycles. The van der Waals surface area contributed by atoms with Gasteiger partial charge in [0.25, 0.3) is 0 Å². The molecule has 0 atom stereocenters. The SMILES string of the molecule is C=CC(=O)OCC(CC)(COC(=O)C=C)COC(=O)C=C.C=CC(=O)OCCCCCCCCCCOC(=O)C=C. The van der Waals surface area contributed by atoms with E-state index in [0.29, 0.717) is 19.6 Å². The molecule has 0 rings (SSSR count). The highest BCUT2D eigenvalue weighted by Gasteiger charge is 2.33. The zero-order valence-corrected chi connectivity index (χ0v) is 24.4. The van der Waals surface area contributed by atoms with Crippen LogP contribution in [0.3, 0.4) is 0 Å². The first-order chi connectivity index (χ1) is 19.6. The average Bonchev–Trinajstić information content (AvgIpc) is 3.00. The fourth-order valence-electron chi connectivity index (χ4n) is 3.01. The van der Waals surface area contributed by atoms with Crippen molar-refractivity contribution in [3.8, 4) is 0 Å². The summed E-state index contributed by atoms with van der Waals surface area (Å²) in [5.74, 6) is -2.53. The molecule has 0 bridgehead atoms. The third-order valence-electron chi connectivity index (χ3n) is 5.67. The summed E-state index contributed by atoms with van der Waals surface area (Å²) in [5.41, 5.74) is -0.837. The lowest BCUT2D eigenvalue weighted by atomic mass is 9.88. The molecule has 0 saturated carbocycles. The molecule has 0 aromatic carbocycles. The predicted octanol–water partition coefficient (Wildman–Crippen LogP) is 5.14. The van der Waals surface area contributed by atoms with E-state index in [0.717, 1.165) is 56.8 Å². The summed E-state index contributed by atoms with van der Waals surface area (Å²) < 4.78 is 24.7. The van der Waals surface area contributed by atoms with Gasteiger partial charge in [-0.1, -0.05) is 78.3 Å². The van der Waals surface area contributed by atoms with E-state index in [2.05, 4.69) is 32.9 Å². The molecule has 0 aliphatic carbocycles. The Balaban J connectivity index is 0. The molecule has 0 aromatic rings. The number of hydrogen-bond acceptors (Lipinski definition) is 10. The lowest BCUT2D eigenvalue weighted by Crippen LogP contribution is -2.38. The minimum Gasteiger partial charge on any atom is -0.463 e. The standard InChI is InChI=1S/C16H26O4.C15H20O6/c1-3-15(17)19-13-11-9-7-5-6-8-10-12-14-20-16(18)4-2;1-5-12(16)19-9-15(8-4,10-20-13(17)6-2)11-21-14(18)7-3/h3-4H,1-2,5-14H2;5-7H,1-3,8-11H2,4H3. The summed E-state index contributed by atoms with van der Waals surface area (Å²) in [6, 6.07) is 0. The van der Waals surface area contributed by atoms with Crippen LogP contribution in [-0.2, 0) is 47.7 Å². The first-order valence-corrected chi connectivity index (χ1v) is 13.6. The minimum absolute atomic E-state index is 0.0802. The van der Waals surface area contributed by atoms with E-state index in [1.54, 1.807) is 6.92 Å². The summed E-state index contributed by atoms with van der Waals surface area (Å²) in [4.78, 5) is 55.0. The molecule has 0 fully saturated rings. The van der Waals surface area contributed by atoms with Crippen LogP contribution in [0.1, 0.15) is 64.7 Å². The Morgan fingerprint density at radius 2 is 0.707 bits per heavy atom. The molecular weight excluding hydrogens is 532 g/mol. The summed E-state index contributed by atoms with van der Waals surface area (Å²) in [5, 5.41) is 0. The lowest BCUT2D eigenvalue weighted by Gasteiger charge is -2.30. The Morgan fingerprint density at radius 3 is 0.951 bits per heavy atom. The summed E-state index contributed by atoms with van der Waals surface area (Å²) >= 11 is 0. The van der Waals surface area contributed by atoms with Crippen molar-refractivity contribution in [2.24, 2.45) is 5.41 Å². The van der Waals surface area contributed by atoms with Crippen molar-refractivity contribution in [2.45, 2.75) is 64.7 Å². The maximum atomic E-state index is 11.2. The van der Waals surface area contributed by atoms with Crippen LogP contribution in [0.15, 0.2) is 63.3 Å². The number of ether oxygens (including phenoxy) is 5. The lowest BCUT2D eigenvalue weighted by molar-refractivity contribution is -0.156. The fraction of sp³-hybridized carbons (Fsp3) is 0.516. The van der Waals surface area contributed by atoms with Crippen molar-refractivity contribution in [1.29, 1.82) is 0 Å². The molecule has 0 amide bonds. The Bertz CT molecular complexity index is 769. The highest BCUT2D eigenvalue weighted by Crippen LogP contribution is 2.24. The molecular formula is C31H46O10. The highest BCUT2D eigenvalue weighted by molar-refractivity contribution is 5.82. The van der Waals surface area contributed by atoms with E-state index < -0.39 is 23.3 Å². The van der Waals surface area contributed by atoms with Crippen LogP contribution < -0.4 is 0 Å². The van der Waals surface area contributed by atoms with Crippen LogP contribution in [0.25, 0.3) is 0 Å². The number of rotatable bonds is 23. The molecule has 0 heterocycles. The average molecular weight is 579 g/mol. The Morgan fingerprint density at radius 1 is 0.463 bits per heavy atom. The summed E-state index contributed by atoms with van der Waals surface area (Å²) in [6.45, 7) is 19.1. The van der Waals surface area contributed by atoms with Crippen LogP contribution in [0.2, 0.25) is 0 Å². The van der Waals surface area contributed by atoms with E-state index in [4.69, 9.17) is 23.7 Å². The van der Waals surface area contributed by atoms with Gasteiger partial charge in [-0.25, -0.2) is 24.0 Å². The molecule has 0 aliphatic heterocycles. The highest BCUT2D eigenvalue weighted by atomic mass is 16.6. The Labute approximate surface area is 244 Å². The quantitative estimate of drug-likeness (QED) is 0.0695. The van der Waals surface area contributed by atoms with E-state index >= 15 is 0 Å². The van der Waals surface area contributed by atoms with Gasteiger partial charge in [0.05, 0.1) is 18.6 Å². The number of carbonyl (C=O) groups is 5. The first-order valence-electron chi connectivity index (χ1n) is 13.6. The van der Waals surface area contributed by atoms with Gasteiger partial charge in [-0.05, 0) is 19.3 Å². The molecule has 0 saturated heterocycles. The van der Waals surface area contributed by atoms with Crippen molar-refractivity contribution in [2.75, 3.05) is 33.0 Å². The molecule has 230 valence electrons. The van der Waals surface area contributed by atoms with Crippen LogP contribution in [0.4, 0.5) is 0 Å². The maximum absolute atomic E-state index is 11.2. The van der Waals surface area contributed by atoms with Gasteiger partial charge in [0.15, 0.2) is 0 Å². The monoisotopic (exact) mass is 578 g/mol. The molecule has 0 unspecified atom stereocenters. The topological polar surface area (TPSA) is 132 Å². The van der Waals surface area contributed by atoms with E-state index in [-0.39, 0.29) is 31.8 Å². The number of esters is 5. The summed E-state index contributed by atoms with van der Waals surface area (Å²) in [7, 11) is 0. The zero-order chi connectivity index (χ0) is 31.4. The van der Waals surface area contributed by atoms with Gasteiger partial charge in [-0.3, -0.25) is 0 Å². The fourth-order valence-corrected chi connectivity index (χ4v) is 3.01. The number of carbonyl (C=O) groups excluding carboxylic acids is 5. The second kappa shape index (κ2) is 26.3. The number of hydrogen-bond donors (Lipinski definition) is 0. The molecule has 0 aliphatic rings. The van der Waals surface area contributed by atoms with Gasteiger partial charge >= 0.3 is 29.8 Å². The summed E-state index contributed by atoms with van der Waals surface area (Å²) in [6.07, 6.45) is 14.6. The third kappa shape index (κ3) is 23.6. The smallest absolute Gasteiger partial charge is 0.330 e. The van der Waals surface area contributed by atoms with Gasteiger partial charge < -0.3 is 23.7 Å². The van der Waals surface area contributed by atoms with E-state index in [1.165, 1.54) is 25.0 Å². The van der Waals surface area contributed by atoms with E-state index in [9.17, 15) is 24.0 Å². The molecule has 41 heavy (non-hydrogen) atoms. The van der Waals surface area contributed by atoms with Gasteiger partial charge in [0, 0.05) is 30.4 Å². The van der Waals surface area contributed by atoms with Crippen LogP contribution in [0, 0.1) is 5.41 Å². The van der Waals surface area contributed by atoms with Crippen LogP contribution >= 0.6 is 0 Å². The predicted molar refractivity (Wildman–Crippen MR) is 155 cm³/mol. The molecule has 0 radical (unpaired) electrons. The van der Waals surface area contributed by atoms with Crippen molar-refractivity contribution in [3.05, 3.63) is 63.3 Å². The molecule has 10 nitrogen and oxygen atoms in total. The Kier molecular flexibility index (Phi) is 25.1. The van der Waals surface area contributed by atoms with Crippen molar-refractivity contribution < 1.29 is 47.7 Å². The van der Waals surface area contributed by atoms with Gasteiger partial charge in [-0.15, -0.1) is 0 Å². The van der Waals surface area contributed by atoms with Crippen LogP contribution in [0.5, 0.6) is 0 Å². The van der Waals surface area contributed by atoms with Crippen molar-refractivity contribution >= 4 is 29.8 Å². The molecule has 10 heteroatoms. The van der Waals surface area contributed by atoms with E-state index in [1.807, 2.05) is 0 Å². The second-order valence-corrected chi connectivity index (χ2v) is 8.86. The zero-order valence-electron chi connectivity index (χ0n) is 24.4. The maximum Gasteiger partial charge on any atom is 0.330 e. The Hall–Kier alpha value is -3.95. The van der Waals surface area contributed by atoms with Gasteiger partial charge in [0.2, 0.25) is 0 Å². The normalized spacial score (nSPS) is 9.98. The van der Waals surface area contributed by atoms with Gasteiger partial charge in [0.1, 0.15) is 19.8 Å². The molecule has 0 N–H and O–H groups in total. The van der Waals surface area contributed by atoms with Crippen molar-refractivity contribution in [1.82, 2.24) is 0 Å². The van der Waals surface area contributed by atoms with Gasteiger partial charge in [-0.2, -0.15) is 0 Å². The van der Waals surface area contributed by atoms with Crippen molar-refractivity contribution in [3.63, 3.8) is 0 Å². The van der Waals surface area contributed by atoms with Crippen LogP contribution in [-0.4, -0.2) is 62.9 Å².